The second-order valence-electron chi connectivity index (χ2n) is 6.39. The van der Waals surface area contributed by atoms with Crippen LogP contribution in [-0.4, -0.2) is 23.5 Å². The summed E-state index contributed by atoms with van der Waals surface area (Å²) in [7, 11) is 0. The van der Waals surface area contributed by atoms with Crippen molar-refractivity contribution < 1.29 is 14.7 Å². The minimum atomic E-state index is -0.795. The molecule has 1 aliphatic rings. The van der Waals surface area contributed by atoms with Crippen LogP contribution in [0.2, 0.25) is 0 Å². The first-order valence-electron chi connectivity index (χ1n) is 8.12. The van der Waals surface area contributed by atoms with Crippen LogP contribution in [0.4, 0.5) is 0 Å². The van der Waals surface area contributed by atoms with E-state index in [2.05, 4.69) is 29.6 Å². The van der Waals surface area contributed by atoms with Gasteiger partial charge in [-0.1, -0.05) is 36.8 Å². The van der Waals surface area contributed by atoms with Gasteiger partial charge in [-0.05, 0) is 43.1 Å². The normalized spacial score (nSPS) is 15.8. The quantitative estimate of drug-likeness (QED) is 0.689. The Bertz CT molecular complexity index is 494. The SMILES string of the molecule is O=C(O)CCCCC(=O)NCC1(Cc2ccccc2)CCC1. The number of amides is 1. The van der Waals surface area contributed by atoms with Gasteiger partial charge in [0.25, 0.3) is 0 Å². The number of nitrogens with one attached hydrogen (secondary N) is 1. The van der Waals surface area contributed by atoms with Gasteiger partial charge < -0.3 is 10.4 Å². The molecule has 1 aliphatic carbocycles. The van der Waals surface area contributed by atoms with Crippen LogP contribution in [0.5, 0.6) is 0 Å². The molecule has 0 heterocycles. The Balaban J connectivity index is 1.71. The molecule has 1 aromatic rings. The van der Waals surface area contributed by atoms with Crippen molar-refractivity contribution in [3.63, 3.8) is 0 Å². The van der Waals surface area contributed by atoms with E-state index in [1.807, 2.05) is 6.07 Å². The maximum Gasteiger partial charge on any atom is 0.303 e. The summed E-state index contributed by atoms with van der Waals surface area (Å²) in [4.78, 5) is 22.3. The number of unbranched alkanes of at least 4 members (excludes halogenated alkanes) is 1. The summed E-state index contributed by atoms with van der Waals surface area (Å²) in [5, 5.41) is 11.6. The second-order valence-corrected chi connectivity index (χ2v) is 6.39. The highest BCUT2D eigenvalue weighted by Crippen LogP contribution is 2.43. The average Bonchev–Trinajstić information content (AvgIpc) is 2.47. The minimum Gasteiger partial charge on any atom is -0.481 e. The van der Waals surface area contributed by atoms with Gasteiger partial charge in [0.1, 0.15) is 0 Å². The van der Waals surface area contributed by atoms with Crippen molar-refractivity contribution >= 4 is 11.9 Å². The second kappa shape index (κ2) is 7.97. The van der Waals surface area contributed by atoms with Crippen molar-refractivity contribution in [3.8, 4) is 0 Å². The van der Waals surface area contributed by atoms with Crippen LogP contribution in [0.1, 0.15) is 50.5 Å². The van der Waals surface area contributed by atoms with Gasteiger partial charge in [-0.25, -0.2) is 0 Å². The zero-order valence-electron chi connectivity index (χ0n) is 13.0. The molecule has 1 amide bonds. The first kappa shape index (κ1) is 16.5. The van der Waals surface area contributed by atoms with Crippen LogP contribution < -0.4 is 5.32 Å². The van der Waals surface area contributed by atoms with Crippen molar-refractivity contribution in [1.29, 1.82) is 0 Å². The topological polar surface area (TPSA) is 66.4 Å². The fraction of sp³-hybridized carbons (Fsp3) is 0.556. The minimum absolute atomic E-state index is 0.0460. The summed E-state index contributed by atoms with van der Waals surface area (Å²) in [6.45, 7) is 0.736. The average molecular weight is 303 g/mol. The Morgan fingerprint density at radius 2 is 1.77 bits per heavy atom. The molecule has 1 fully saturated rings. The van der Waals surface area contributed by atoms with Crippen LogP contribution in [0.15, 0.2) is 30.3 Å². The van der Waals surface area contributed by atoms with E-state index in [4.69, 9.17) is 5.11 Å². The molecule has 0 bridgehead atoms. The molecule has 2 N–H and O–H groups in total. The van der Waals surface area contributed by atoms with Gasteiger partial charge in [0.15, 0.2) is 0 Å². The molecule has 4 heteroatoms. The van der Waals surface area contributed by atoms with E-state index in [0.29, 0.717) is 19.3 Å². The molecule has 120 valence electrons. The highest BCUT2D eigenvalue weighted by Gasteiger charge is 2.37. The predicted molar refractivity (Wildman–Crippen MR) is 85.5 cm³/mol. The Hall–Kier alpha value is -1.84. The van der Waals surface area contributed by atoms with Crippen LogP contribution in [-0.2, 0) is 16.0 Å². The molecule has 4 nitrogen and oxygen atoms in total. The van der Waals surface area contributed by atoms with Crippen LogP contribution in [0.25, 0.3) is 0 Å². The Labute approximate surface area is 131 Å². The van der Waals surface area contributed by atoms with E-state index in [-0.39, 0.29) is 17.7 Å². The summed E-state index contributed by atoms with van der Waals surface area (Å²) >= 11 is 0. The lowest BCUT2D eigenvalue weighted by Gasteiger charge is -2.42. The fourth-order valence-corrected chi connectivity index (χ4v) is 3.06. The summed E-state index contributed by atoms with van der Waals surface area (Å²) in [6.07, 6.45) is 6.37. The molecule has 1 aromatic carbocycles. The molecule has 2 rings (SSSR count). The summed E-state index contributed by atoms with van der Waals surface area (Å²) in [6, 6.07) is 10.4. The predicted octanol–water partition coefficient (Wildman–Crippen LogP) is 3.16. The van der Waals surface area contributed by atoms with Crippen molar-refractivity contribution in [1.82, 2.24) is 5.32 Å². The number of rotatable bonds is 9. The van der Waals surface area contributed by atoms with Crippen LogP contribution in [0.3, 0.4) is 0 Å². The van der Waals surface area contributed by atoms with E-state index in [0.717, 1.165) is 13.0 Å². The number of hydrogen-bond acceptors (Lipinski definition) is 2. The number of carbonyl (C=O) groups excluding carboxylic acids is 1. The smallest absolute Gasteiger partial charge is 0.303 e. The monoisotopic (exact) mass is 303 g/mol. The first-order valence-corrected chi connectivity index (χ1v) is 8.12. The molecule has 0 unspecified atom stereocenters. The molecule has 0 aliphatic heterocycles. The summed E-state index contributed by atoms with van der Waals surface area (Å²) in [5.74, 6) is -0.749. The third kappa shape index (κ3) is 5.17. The van der Waals surface area contributed by atoms with E-state index in [1.54, 1.807) is 0 Å². The third-order valence-corrected chi connectivity index (χ3v) is 4.54. The molecular formula is C18H25NO3. The largest absolute Gasteiger partial charge is 0.481 e. The lowest BCUT2D eigenvalue weighted by Crippen LogP contribution is -2.43. The maximum absolute atomic E-state index is 11.9. The van der Waals surface area contributed by atoms with Crippen molar-refractivity contribution in [2.75, 3.05) is 6.54 Å². The number of hydrogen-bond donors (Lipinski definition) is 2. The van der Waals surface area contributed by atoms with Crippen molar-refractivity contribution in [2.24, 2.45) is 5.41 Å². The van der Waals surface area contributed by atoms with Crippen LogP contribution in [0, 0.1) is 5.41 Å². The summed E-state index contributed by atoms with van der Waals surface area (Å²) in [5.41, 5.74) is 1.55. The van der Waals surface area contributed by atoms with Gasteiger partial charge in [-0.2, -0.15) is 0 Å². The van der Waals surface area contributed by atoms with Crippen molar-refractivity contribution in [2.45, 2.75) is 51.4 Å². The Kier molecular flexibility index (Phi) is 5.99. The lowest BCUT2D eigenvalue weighted by atomic mass is 9.65. The molecule has 0 radical (unpaired) electrons. The van der Waals surface area contributed by atoms with Gasteiger partial charge in [0.2, 0.25) is 5.91 Å². The van der Waals surface area contributed by atoms with E-state index >= 15 is 0 Å². The Morgan fingerprint density at radius 3 is 2.36 bits per heavy atom. The number of carbonyl (C=O) groups is 2. The zero-order chi connectivity index (χ0) is 15.8. The van der Waals surface area contributed by atoms with E-state index in [1.165, 1.54) is 24.8 Å². The molecule has 0 aromatic heterocycles. The van der Waals surface area contributed by atoms with Crippen LogP contribution >= 0.6 is 0 Å². The molecule has 22 heavy (non-hydrogen) atoms. The number of aliphatic carboxylic acids is 1. The first-order chi connectivity index (χ1) is 10.6. The van der Waals surface area contributed by atoms with E-state index < -0.39 is 5.97 Å². The number of benzene rings is 1. The van der Waals surface area contributed by atoms with Gasteiger partial charge in [0, 0.05) is 19.4 Å². The van der Waals surface area contributed by atoms with Gasteiger partial charge in [0.05, 0.1) is 0 Å². The van der Waals surface area contributed by atoms with Gasteiger partial charge >= 0.3 is 5.97 Å². The third-order valence-electron chi connectivity index (χ3n) is 4.54. The lowest BCUT2D eigenvalue weighted by molar-refractivity contribution is -0.137. The number of carboxylic acids is 1. The summed E-state index contributed by atoms with van der Waals surface area (Å²) < 4.78 is 0. The van der Waals surface area contributed by atoms with Gasteiger partial charge in [-0.3, -0.25) is 9.59 Å². The van der Waals surface area contributed by atoms with E-state index in [9.17, 15) is 9.59 Å². The molecule has 1 saturated carbocycles. The number of carboxylic acid groups (broad SMARTS) is 1. The highest BCUT2D eigenvalue weighted by atomic mass is 16.4. The maximum atomic E-state index is 11.9. The fourth-order valence-electron chi connectivity index (χ4n) is 3.06. The highest BCUT2D eigenvalue weighted by molar-refractivity contribution is 5.76. The van der Waals surface area contributed by atoms with Crippen molar-refractivity contribution in [3.05, 3.63) is 35.9 Å². The Morgan fingerprint density at radius 1 is 1.09 bits per heavy atom. The molecule has 0 saturated heterocycles. The molecular weight excluding hydrogens is 278 g/mol. The molecule has 0 spiro atoms. The van der Waals surface area contributed by atoms with Gasteiger partial charge in [-0.15, -0.1) is 0 Å². The standard InChI is InChI=1S/C18H25NO3/c20-16(9-4-5-10-17(21)22)19-14-18(11-6-12-18)13-15-7-2-1-3-8-15/h1-3,7-8H,4-6,9-14H2,(H,19,20)(H,21,22). The molecule has 0 atom stereocenters. The zero-order valence-corrected chi connectivity index (χ0v) is 13.0.